The number of hydrogen-bond donors (Lipinski definition) is 2. The Kier molecular flexibility index (Phi) is 8.50. The Morgan fingerprint density at radius 2 is 1.82 bits per heavy atom. The molecule has 34 heavy (non-hydrogen) atoms. The Hall–Kier alpha value is -3.13. The van der Waals surface area contributed by atoms with Crippen LogP contribution in [-0.2, 0) is 20.9 Å². The minimum absolute atomic E-state index is 0.0821. The predicted molar refractivity (Wildman–Crippen MR) is 128 cm³/mol. The van der Waals surface area contributed by atoms with Crippen molar-refractivity contribution in [2.24, 2.45) is 0 Å². The van der Waals surface area contributed by atoms with Crippen molar-refractivity contribution in [1.29, 1.82) is 0 Å². The first-order valence-corrected chi connectivity index (χ1v) is 11.7. The molecule has 1 aliphatic carbocycles. The number of carbonyl (C=O) groups excluding carboxylic acids is 1. The SMILES string of the molecule is C[C@@H](Oc1ccccc1[C@H]1CC[C@@H](OCc2ncccc2NC(=O)OC(C)(C)C)CC1)C(=O)O. The number of hydrogen-bond acceptors (Lipinski definition) is 6. The molecule has 3 rings (SSSR count). The zero-order valence-corrected chi connectivity index (χ0v) is 20.2. The average Bonchev–Trinajstić information content (AvgIpc) is 2.78. The van der Waals surface area contributed by atoms with Gasteiger partial charge in [0, 0.05) is 6.20 Å². The van der Waals surface area contributed by atoms with Crippen LogP contribution in [0, 0.1) is 0 Å². The number of pyridine rings is 1. The van der Waals surface area contributed by atoms with Crippen LogP contribution in [0.3, 0.4) is 0 Å². The summed E-state index contributed by atoms with van der Waals surface area (Å²) in [4.78, 5) is 27.7. The third-order valence-corrected chi connectivity index (χ3v) is 5.67. The van der Waals surface area contributed by atoms with E-state index in [2.05, 4.69) is 10.3 Å². The van der Waals surface area contributed by atoms with Gasteiger partial charge in [0.2, 0.25) is 0 Å². The number of anilines is 1. The van der Waals surface area contributed by atoms with E-state index in [1.807, 2.05) is 45.0 Å². The van der Waals surface area contributed by atoms with E-state index < -0.39 is 23.8 Å². The van der Waals surface area contributed by atoms with Crippen LogP contribution in [-0.4, -0.2) is 40.0 Å². The second-order valence-electron chi connectivity index (χ2n) is 9.55. The lowest BCUT2D eigenvalue weighted by molar-refractivity contribution is -0.144. The minimum atomic E-state index is -0.984. The van der Waals surface area contributed by atoms with E-state index in [0.29, 0.717) is 17.1 Å². The van der Waals surface area contributed by atoms with Crippen molar-refractivity contribution >= 4 is 17.7 Å². The van der Waals surface area contributed by atoms with Crippen molar-refractivity contribution in [1.82, 2.24) is 4.98 Å². The molecule has 1 fully saturated rings. The molecule has 8 nitrogen and oxygen atoms in total. The molecule has 2 N–H and O–H groups in total. The van der Waals surface area contributed by atoms with Crippen LogP contribution in [0.25, 0.3) is 0 Å². The molecule has 1 amide bonds. The number of amides is 1. The molecule has 1 aromatic carbocycles. The number of nitrogens with one attached hydrogen (secondary N) is 1. The molecule has 184 valence electrons. The summed E-state index contributed by atoms with van der Waals surface area (Å²) in [5, 5.41) is 11.9. The van der Waals surface area contributed by atoms with Gasteiger partial charge in [-0.05, 0) is 83.1 Å². The van der Waals surface area contributed by atoms with E-state index in [1.54, 1.807) is 18.3 Å². The lowest BCUT2D eigenvalue weighted by Crippen LogP contribution is -2.28. The van der Waals surface area contributed by atoms with Gasteiger partial charge >= 0.3 is 12.1 Å². The fourth-order valence-electron chi connectivity index (χ4n) is 3.98. The molecular weight excluding hydrogens is 436 g/mol. The molecule has 1 saturated carbocycles. The van der Waals surface area contributed by atoms with Gasteiger partial charge in [-0.25, -0.2) is 9.59 Å². The maximum Gasteiger partial charge on any atom is 0.412 e. The smallest absolute Gasteiger partial charge is 0.412 e. The minimum Gasteiger partial charge on any atom is -0.479 e. The number of carboxylic acids is 1. The van der Waals surface area contributed by atoms with Gasteiger partial charge in [-0.1, -0.05) is 18.2 Å². The van der Waals surface area contributed by atoms with Gasteiger partial charge in [0.25, 0.3) is 0 Å². The van der Waals surface area contributed by atoms with E-state index in [4.69, 9.17) is 14.2 Å². The van der Waals surface area contributed by atoms with Gasteiger partial charge < -0.3 is 19.3 Å². The molecule has 0 aliphatic heterocycles. The molecule has 2 aromatic rings. The second kappa shape index (κ2) is 11.3. The highest BCUT2D eigenvalue weighted by molar-refractivity contribution is 5.85. The molecule has 1 heterocycles. The Labute approximate surface area is 200 Å². The van der Waals surface area contributed by atoms with E-state index >= 15 is 0 Å². The van der Waals surface area contributed by atoms with E-state index in [-0.39, 0.29) is 18.6 Å². The second-order valence-corrected chi connectivity index (χ2v) is 9.55. The first-order valence-electron chi connectivity index (χ1n) is 11.7. The Bertz CT molecular complexity index is 979. The van der Waals surface area contributed by atoms with Crippen LogP contribution in [0.5, 0.6) is 5.75 Å². The highest BCUT2D eigenvalue weighted by atomic mass is 16.6. The largest absolute Gasteiger partial charge is 0.479 e. The fraction of sp³-hybridized carbons (Fsp3) is 0.500. The van der Waals surface area contributed by atoms with Crippen LogP contribution in [0.1, 0.15) is 70.6 Å². The summed E-state index contributed by atoms with van der Waals surface area (Å²) < 4.78 is 17.2. The van der Waals surface area contributed by atoms with E-state index in [1.165, 1.54) is 6.92 Å². The zero-order chi connectivity index (χ0) is 24.7. The third-order valence-electron chi connectivity index (χ3n) is 5.67. The standard InChI is InChI=1S/C26H34N2O6/c1-17(24(29)30)33-23-10-6-5-8-20(23)18-11-13-19(14-12-18)32-16-22-21(9-7-15-27-22)28-25(31)34-26(2,3)4/h5-10,15,17-19H,11-14,16H2,1-4H3,(H,28,31)(H,29,30)/t17-,18-,19+/m1/s1. The lowest BCUT2D eigenvalue weighted by atomic mass is 9.82. The maximum absolute atomic E-state index is 12.1. The van der Waals surface area contributed by atoms with Gasteiger partial charge in [0.1, 0.15) is 11.4 Å². The summed E-state index contributed by atoms with van der Waals surface area (Å²) >= 11 is 0. The van der Waals surface area contributed by atoms with Gasteiger partial charge in [-0.15, -0.1) is 0 Å². The van der Waals surface area contributed by atoms with Crippen molar-refractivity contribution in [2.45, 2.75) is 83.7 Å². The topological polar surface area (TPSA) is 107 Å². The van der Waals surface area contributed by atoms with Gasteiger partial charge in [0.15, 0.2) is 6.10 Å². The monoisotopic (exact) mass is 470 g/mol. The van der Waals surface area contributed by atoms with Crippen LogP contribution in [0.15, 0.2) is 42.6 Å². The summed E-state index contributed by atoms with van der Waals surface area (Å²) in [5.41, 5.74) is 1.68. The summed E-state index contributed by atoms with van der Waals surface area (Å²) in [6.45, 7) is 7.26. The number of carboxylic acid groups (broad SMARTS) is 1. The average molecular weight is 471 g/mol. The number of benzene rings is 1. The molecule has 1 aromatic heterocycles. The van der Waals surface area contributed by atoms with Crippen LogP contribution in [0.2, 0.25) is 0 Å². The first-order chi connectivity index (χ1) is 16.1. The molecule has 0 bridgehead atoms. The molecular formula is C26H34N2O6. The molecule has 0 saturated heterocycles. The normalized spacial score (nSPS) is 19.2. The lowest BCUT2D eigenvalue weighted by Gasteiger charge is -2.30. The zero-order valence-electron chi connectivity index (χ0n) is 20.2. The van der Waals surface area contributed by atoms with Crippen molar-refractivity contribution < 1.29 is 28.9 Å². The number of ether oxygens (including phenoxy) is 3. The van der Waals surface area contributed by atoms with Gasteiger partial charge in [-0.2, -0.15) is 0 Å². The van der Waals surface area contributed by atoms with Crippen molar-refractivity contribution in [2.75, 3.05) is 5.32 Å². The third kappa shape index (κ3) is 7.45. The van der Waals surface area contributed by atoms with Gasteiger partial charge in [-0.3, -0.25) is 10.3 Å². The number of aromatic nitrogens is 1. The van der Waals surface area contributed by atoms with E-state index in [0.717, 1.165) is 31.2 Å². The maximum atomic E-state index is 12.1. The summed E-state index contributed by atoms with van der Waals surface area (Å²) in [6.07, 6.45) is 3.90. The van der Waals surface area contributed by atoms with Gasteiger partial charge in [0.05, 0.1) is 24.1 Å². The number of aliphatic carboxylic acids is 1. The van der Waals surface area contributed by atoms with Crippen molar-refractivity contribution in [3.05, 3.63) is 53.9 Å². The summed E-state index contributed by atoms with van der Waals surface area (Å²) in [7, 11) is 0. The predicted octanol–water partition coefficient (Wildman–Crippen LogP) is 5.52. The summed E-state index contributed by atoms with van der Waals surface area (Å²) in [6, 6.07) is 11.2. The van der Waals surface area contributed by atoms with Crippen LogP contribution in [0.4, 0.5) is 10.5 Å². The fourth-order valence-corrected chi connectivity index (χ4v) is 3.98. The van der Waals surface area contributed by atoms with E-state index in [9.17, 15) is 14.7 Å². The highest BCUT2D eigenvalue weighted by Crippen LogP contribution is 2.38. The summed E-state index contributed by atoms with van der Waals surface area (Å²) in [5.74, 6) is -0.0636. The highest BCUT2D eigenvalue weighted by Gasteiger charge is 2.26. The Balaban J connectivity index is 1.55. The molecule has 0 unspecified atom stereocenters. The number of rotatable bonds is 8. The molecule has 1 atom stereocenters. The quantitative estimate of drug-likeness (QED) is 0.523. The molecule has 8 heteroatoms. The Morgan fingerprint density at radius 1 is 1.12 bits per heavy atom. The molecule has 1 aliphatic rings. The Morgan fingerprint density at radius 3 is 2.50 bits per heavy atom. The van der Waals surface area contributed by atoms with Crippen LogP contribution >= 0.6 is 0 Å². The van der Waals surface area contributed by atoms with Crippen molar-refractivity contribution in [3.63, 3.8) is 0 Å². The number of carbonyl (C=O) groups is 2. The van der Waals surface area contributed by atoms with Crippen LogP contribution < -0.4 is 10.1 Å². The first kappa shape index (κ1) is 25.5. The number of nitrogens with zero attached hydrogens (tertiary/aromatic N) is 1. The van der Waals surface area contributed by atoms with Crippen molar-refractivity contribution in [3.8, 4) is 5.75 Å². The number of para-hydroxylation sites is 1. The molecule has 0 radical (unpaired) electrons. The molecule has 0 spiro atoms.